The van der Waals surface area contributed by atoms with Crippen molar-refractivity contribution in [1.82, 2.24) is 5.32 Å². The smallest absolute Gasteiger partial charge is 0.303 e. The van der Waals surface area contributed by atoms with Gasteiger partial charge in [0.2, 0.25) is 5.91 Å². The highest BCUT2D eigenvalue weighted by Crippen LogP contribution is 2.33. The molecule has 1 heterocycles. The van der Waals surface area contributed by atoms with Gasteiger partial charge in [0.1, 0.15) is 24.9 Å². The van der Waals surface area contributed by atoms with Crippen molar-refractivity contribution >= 4 is 29.8 Å². The van der Waals surface area contributed by atoms with Crippen molar-refractivity contribution in [3.63, 3.8) is 0 Å². The van der Waals surface area contributed by atoms with E-state index in [0.717, 1.165) is 13.8 Å². The largest absolute Gasteiger partial charge is 0.462 e. The Morgan fingerprint density at radius 1 is 0.974 bits per heavy atom. The van der Waals surface area contributed by atoms with Crippen LogP contribution in [0.5, 0.6) is 0 Å². The van der Waals surface area contributed by atoms with Crippen LogP contribution < -0.4 is 11.1 Å². The van der Waals surface area contributed by atoms with Crippen molar-refractivity contribution in [3.8, 4) is 0 Å². The number of hydrogen-bond acceptors (Lipinski definition) is 12. The zero-order valence-corrected chi connectivity index (χ0v) is 22.4. The second kappa shape index (κ2) is 14.6. The number of aliphatic hydroxyl groups is 1. The minimum atomic E-state index is -2.04. The standard InChI is InChI=1S/C26H36N2O11/c1-15(29)35-14-20(36-16(2)30)10-11-22(33)28-13-21-23(37-17(3)31)24(38-18(4)32)25(27)26(34,39-21)12-19-8-6-5-7-9-19/h5-9,20-21,23-25,34H,10-14,27H2,1-4H3,(H,28,33)/t20-,21+,23+,24-,25+,26-/m0/s1. The summed E-state index contributed by atoms with van der Waals surface area (Å²) in [6.45, 7) is 4.23. The van der Waals surface area contributed by atoms with Gasteiger partial charge in [0, 0.05) is 47.1 Å². The normalized spacial score (nSPS) is 25.1. The quantitative estimate of drug-likeness (QED) is 0.231. The molecule has 1 saturated heterocycles. The molecule has 0 spiro atoms. The summed E-state index contributed by atoms with van der Waals surface area (Å²) in [7, 11) is 0. The average molecular weight is 553 g/mol. The van der Waals surface area contributed by atoms with Crippen LogP contribution in [0.2, 0.25) is 0 Å². The summed E-state index contributed by atoms with van der Waals surface area (Å²) in [5.41, 5.74) is 6.98. The molecule has 0 aliphatic carbocycles. The van der Waals surface area contributed by atoms with Crippen LogP contribution in [-0.4, -0.2) is 84.3 Å². The highest BCUT2D eigenvalue weighted by atomic mass is 16.7. The minimum absolute atomic E-state index is 0.0521. The Labute approximate surface area is 226 Å². The van der Waals surface area contributed by atoms with Crippen molar-refractivity contribution in [2.24, 2.45) is 5.73 Å². The summed E-state index contributed by atoms with van der Waals surface area (Å²) in [4.78, 5) is 58.8. The molecule has 1 aliphatic heterocycles. The number of benzene rings is 1. The van der Waals surface area contributed by atoms with Crippen LogP contribution in [0.25, 0.3) is 0 Å². The van der Waals surface area contributed by atoms with Gasteiger partial charge >= 0.3 is 23.9 Å². The van der Waals surface area contributed by atoms with Crippen molar-refractivity contribution in [3.05, 3.63) is 35.9 Å². The molecular formula is C26H36N2O11. The Balaban J connectivity index is 2.18. The lowest BCUT2D eigenvalue weighted by molar-refractivity contribution is -0.310. The molecule has 2 rings (SSSR count). The van der Waals surface area contributed by atoms with Crippen LogP contribution in [0.15, 0.2) is 30.3 Å². The number of esters is 4. The van der Waals surface area contributed by atoms with Crippen LogP contribution in [-0.2, 0) is 54.1 Å². The topological polar surface area (TPSA) is 190 Å². The van der Waals surface area contributed by atoms with Gasteiger partial charge in [0.05, 0.1) is 0 Å². The lowest BCUT2D eigenvalue weighted by atomic mass is 9.86. The van der Waals surface area contributed by atoms with Gasteiger partial charge in [-0.15, -0.1) is 0 Å². The van der Waals surface area contributed by atoms with Gasteiger partial charge < -0.3 is 39.8 Å². The number of carbonyl (C=O) groups excluding carboxylic acids is 5. The molecule has 0 unspecified atom stereocenters. The first-order chi connectivity index (χ1) is 18.3. The summed E-state index contributed by atoms with van der Waals surface area (Å²) in [6.07, 6.45) is -4.66. The molecule has 0 aromatic heterocycles. The lowest BCUT2D eigenvalue weighted by Crippen LogP contribution is -2.71. The van der Waals surface area contributed by atoms with Crippen molar-refractivity contribution in [2.45, 2.75) is 83.2 Å². The molecule has 0 saturated carbocycles. The van der Waals surface area contributed by atoms with Crippen LogP contribution in [0, 0.1) is 0 Å². The fourth-order valence-electron chi connectivity index (χ4n) is 4.17. The van der Waals surface area contributed by atoms with Crippen LogP contribution in [0.4, 0.5) is 0 Å². The molecule has 13 heteroatoms. The predicted octanol–water partition coefficient (Wildman–Crippen LogP) is -0.102. The monoisotopic (exact) mass is 552 g/mol. The van der Waals surface area contributed by atoms with Gasteiger partial charge in [-0.05, 0) is 12.0 Å². The molecule has 0 radical (unpaired) electrons. The summed E-state index contributed by atoms with van der Waals surface area (Å²) in [6, 6.07) is 7.52. The summed E-state index contributed by atoms with van der Waals surface area (Å²) < 4.78 is 26.6. The van der Waals surface area contributed by atoms with E-state index in [9.17, 15) is 29.1 Å². The highest BCUT2D eigenvalue weighted by molar-refractivity contribution is 5.76. The van der Waals surface area contributed by atoms with E-state index < -0.39 is 66.0 Å². The number of nitrogens with two attached hydrogens (primary N) is 1. The number of rotatable bonds is 12. The molecule has 6 atom stereocenters. The van der Waals surface area contributed by atoms with E-state index in [1.807, 2.05) is 0 Å². The van der Waals surface area contributed by atoms with Gasteiger partial charge in [-0.1, -0.05) is 30.3 Å². The number of hydrogen-bond donors (Lipinski definition) is 3. The molecule has 4 N–H and O–H groups in total. The lowest BCUT2D eigenvalue weighted by Gasteiger charge is -2.48. The van der Waals surface area contributed by atoms with Gasteiger partial charge in [-0.25, -0.2) is 0 Å². The van der Waals surface area contributed by atoms with Crippen LogP contribution in [0.1, 0.15) is 46.1 Å². The van der Waals surface area contributed by atoms with E-state index in [1.165, 1.54) is 13.8 Å². The number of ether oxygens (including phenoxy) is 5. The highest BCUT2D eigenvalue weighted by Gasteiger charge is 2.55. The van der Waals surface area contributed by atoms with Crippen molar-refractivity contribution < 1.29 is 52.8 Å². The zero-order chi connectivity index (χ0) is 29.2. The molecular weight excluding hydrogens is 516 g/mol. The first-order valence-electron chi connectivity index (χ1n) is 12.4. The molecule has 1 aliphatic rings. The number of amides is 1. The third kappa shape index (κ3) is 10.3. The second-order valence-corrected chi connectivity index (χ2v) is 9.21. The first-order valence-corrected chi connectivity index (χ1v) is 12.4. The van der Waals surface area contributed by atoms with E-state index in [1.54, 1.807) is 30.3 Å². The maximum Gasteiger partial charge on any atom is 0.303 e. The maximum absolute atomic E-state index is 12.6. The predicted molar refractivity (Wildman–Crippen MR) is 133 cm³/mol. The van der Waals surface area contributed by atoms with Crippen LogP contribution in [0.3, 0.4) is 0 Å². The summed E-state index contributed by atoms with van der Waals surface area (Å²) in [5.74, 6) is -5.14. The Bertz CT molecular complexity index is 1020. The van der Waals surface area contributed by atoms with E-state index in [-0.39, 0.29) is 32.4 Å². The molecule has 1 amide bonds. The van der Waals surface area contributed by atoms with Gasteiger partial charge in [0.15, 0.2) is 18.0 Å². The second-order valence-electron chi connectivity index (χ2n) is 9.21. The van der Waals surface area contributed by atoms with Crippen LogP contribution >= 0.6 is 0 Å². The SMILES string of the molecule is CC(=O)OC[C@H](CCC(=O)NC[C@H]1O[C@@](O)(Cc2ccccc2)[C@H](N)[C@@H](OC(C)=O)[C@@H]1OC(C)=O)OC(C)=O. The van der Waals surface area contributed by atoms with E-state index >= 15 is 0 Å². The van der Waals surface area contributed by atoms with Gasteiger partial charge in [0.25, 0.3) is 0 Å². The van der Waals surface area contributed by atoms with Gasteiger partial charge in [-0.3, -0.25) is 24.0 Å². The fraction of sp³-hybridized carbons (Fsp3) is 0.577. The van der Waals surface area contributed by atoms with Gasteiger partial charge in [-0.2, -0.15) is 0 Å². The Hall–Kier alpha value is -3.55. The Morgan fingerprint density at radius 2 is 1.59 bits per heavy atom. The zero-order valence-electron chi connectivity index (χ0n) is 22.4. The Morgan fingerprint density at radius 3 is 2.15 bits per heavy atom. The maximum atomic E-state index is 12.6. The average Bonchev–Trinajstić information content (AvgIpc) is 2.84. The molecule has 1 aromatic carbocycles. The van der Waals surface area contributed by atoms with E-state index in [4.69, 9.17) is 29.4 Å². The van der Waals surface area contributed by atoms with Crippen molar-refractivity contribution in [2.75, 3.05) is 13.2 Å². The van der Waals surface area contributed by atoms with E-state index in [0.29, 0.717) is 5.56 Å². The summed E-state index contributed by atoms with van der Waals surface area (Å²) in [5, 5.41) is 14.1. The molecule has 39 heavy (non-hydrogen) atoms. The molecule has 1 aromatic rings. The van der Waals surface area contributed by atoms with Crippen molar-refractivity contribution in [1.29, 1.82) is 0 Å². The number of nitrogens with one attached hydrogen (secondary N) is 1. The third-order valence-corrected chi connectivity index (χ3v) is 5.82. The third-order valence-electron chi connectivity index (χ3n) is 5.82. The molecule has 216 valence electrons. The summed E-state index contributed by atoms with van der Waals surface area (Å²) >= 11 is 0. The first kappa shape index (κ1) is 31.7. The number of carbonyl (C=O) groups is 5. The molecule has 1 fully saturated rings. The van der Waals surface area contributed by atoms with E-state index in [2.05, 4.69) is 5.32 Å². The Kier molecular flexibility index (Phi) is 11.8. The fourth-order valence-corrected chi connectivity index (χ4v) is 4.17. The molecule has 13 nitrogen and oxygen atoms in total. The minimum Gasteiger partial charge on any atom is -0.462 e. The molecule has 0 bridgehead atoms.